The van der Waals surface area contributed by atoms with E-state index < -0.39 is 60.2 Å². The van der Waals surface area contributed by atoms with Crippen LogP contribution in [0.4, 0.5) is 0 Å². The summed E-state index contributed by atoms with van der Waals surface area (Å²) in [5, 5.41) is 16.8. The zero-order valence-corrected chi connectivity index (χ0v) is 21.6. The van der Waals surface area contributed by atoms with Crippen LogP contribution in [-0.4, -0.2) is 87.9 Å². The Morgan fingerprint density at radius 3 is 2.13 bits per heavy atom. The number of H-pyrrole nitrogens is 1. The molecule has 0 aliphatic rings. The maximum absolute atomic E-state index is 13.1. The minimum Gasteiger partial charge on any atom is -0.480 e. The molecule has 0 fully saturated rings. The van der Waals surface area contributed by atoms with Gasteiger partial charge in [-0.1, -0.05) is 0 Å². The Hall–Kier alpha value is -4.25. The Bertz CT molecular complexity index is 981. The van der Waals surface area contributed by atoms with Crippen molar-refractivity contribution in [1.29, 1.82) is 0 Å². The van der Waals surface area contributed by atoms with Crippen LogP contribution in [-0.2, 0) is 30.4 Å². The summed E-state index contributed by atoms with van der Waals surface area (Å²) in [7, 11) is 0. The zero-order valence-electron chi connectivity index (χ0n) is 21.6. The van der Waals surface area contributed by atoms with Crippen LogP contribution in [0.3, 0.4) is 0 Å². The standard InChI is InChI=1S/C22H39N11O6/c23-6-2-1-5-14(31-18(35)13(24)4-3-7-29-22(26)27)19(36)32-15(9-17(25)34)20(37)33-16(21(38)39)8-12-10-28-11-30-12/h10-11,13-16H,1-9,23-24H2,(H2,25,34)(H,28,30)(H,31,35)(H,32,36)(H,33,37)(H,38,39)(H4,26,27,29). The molecule has 0 aromatic carbocycles. The second kappa shape index (κ2) is 17.3. The summed E-state index contributed by atoms with van der Waals surface area (Å²) in [5.74, 6) is -4.69. The highest BCUT2D eigenvalue weighted by Crippen LogP contribution is 2.06. The molecule has 1 heterocycles. The third-order valence-corrected chi connectivity index (χ3v) is 5.52. The number of aromatic amines is 1. The Morgan fingerprint density at radius 2 is 1.56 bits per heavy atom. The monoisotopic (exact) mass is 553 g/mol. The van der Waals surface area contributed by atoms with Crippen molar-refractivity contribution >= 4 is 35.6 Å². The van der Waals surface area contributed by atoms with Crippen molar-refractivity contribution in [3.05, 3.63) is 18.2 Å². The predicted molar refractivity (Wildman–Crippen MR) is 140 cm³/mol. The molecule has 1 aromatic heterocycles. The Labute approximate surface area is 225 Å². The average Bonchev–Trinajstić information content (AvgIpc) is 3.37. The van der Waals surface area contributed by atoms with E-state index in [1.165, 1.54) is 12.5 Å². The molecule has 0 bridgehead atoms. The highest BCUT2D eigenvalue weighted by molar-refractivity contribution is 5.96. The van der Waals surface area contributed by atoms with Crippen LogP contribution in [0.5, 0.6) is 0 Å². The normalized spacial score (nSPS) is 13.8. The van der Waals surface area contributed by atoms with Crippen LogP contribution in [0, 0.1) is 0 Å². The van der Waals surface area contributed by atoms with E-state index in [0.717, 1.165) is 0 Å². The highest BCUT2D eigenvalue weighted by atomic mass is 16.4. The lowest BCUT2D eigenvalue weighted by atomic mass is 10.0. The average molecular weight is 554 g/mol. The van der Waals surface area contributed by atoms with Gasteiger partial charge in [-0.15, -0.1) is 0 Å². The molecule has 0 saturated heterocycles. The lowest BCUT2D eigenvalue weighted by Gasteiger charge is -2.24. The molecule has 218 valence electrons. The zero-order chi connectivity index (χ0) is 29.4. The number of imidazole rings is 1. The summed E-state index contributed by atoms with van der Waals surface area (Å²) < 4.78 is 0. The van der Waals surface area contributed by atoms with Crippen molar-refractivity contribution in [1.82, 2.24) is 25.9 Å². The Balaban J connectivity index is 2.93. The van der Waals surface area contributed by atoms with Crippen LogP contribution >= 0.6 is 0 Å². The summed E-state index contributed by atoms with van der Waals surface area (Å²) >= 11 is 0. The topological polar surface area (TPSA) is 313 Å². The molecule has 15 N–H and O–H groups in total. The molecule has 4 amide bonds. The number of carbonyl (C=O) groups is 5. The van der Waals surface area contributed by atoms with Crippen LogP contribution in [0.1, 0.15) is 44.2 Å². The minimum atomic E-state index is -1.50. The molecule has 39 heavy (non-hydrogen) atoms. The Kier molecular flexibility index (Phi) is 14.5. The molecule has 4 atom stereocenters. The van der Waals surface area contributed by atoms with E-state index in [1.807, 2.05) is 0 Å². The van der Waals surface area contributed by atoms with E-state index in [9.17, 15) is 29.1 Å². The van der Waals surface area contributed by atoms with Gasteiger partial charge >= 0.3 is 5.97 Å². The molecule has 0 aliphatic heterocycles. The molecule has 17 nitrogen and oxygen atoms in total. The van der Waals surface area contributed by atoms with Crippen LogP contribution in [0.25, 0.3) is 0 Å². The Morgan fingerprint density at radius 1 is 0.923 bits per heavy atom. The molecular weight excluding hydrogens is 514 g/mol. The van der Waals surface area contributed by atoms with Crippen LogP contribution < -0.4 is 44.6 Å². The molecule has 1 aromatic rings. The third-order valence-electron chi connectivity index (χ3n) is 5.52. The number of carbonyl (C=O) groups excluding carboxylic acids is 4. The summed E-state index contributed by atoms with van der Waals surface area (Å²) in [6.45, 7) is 0.623. The van der Waals surface area contributed by atoms with Gasteiger partial charge in [0, 0.05) is 24.9 Å². The van der Waals surface area contributed by atoms with Gasteiger partial charge in [0.2, 0.25) is 23.6 Å². The van der Waals surface area contributed by atoms with Crippen molar-refractivity contribution in [3.8, 4) is 0 Å². The molecular formula is C22H39N11O6. The van der Waals surface area contributed by atoms with E-state index in [-0.39, 0.29) is 31.8 Å². The first-order valence-corrected chi connectivity index (χ1v) is 12.3. The van der Waals surface area contributed by atoms with Gasteiger partial charge in [-0.2, -0.15) is 0 Å². The van der Waals surface area contributed by atoms with Gasteiger partial charge in [0.05, 0.1) is 18.8 Å². The molecule has 4 unspecified atom stereocenters. The molecule has 0 saturated carbocycles. The fraction of sp³-hybridized carbons (Fsp3) is 0.591. The van der Waals surface area contributed by atoms with Crippen molar-refractivity contribution in [2.24, 2.45) is 33.7 Å². The number of nitrogens with one attached hydrogen (secondary N) is 4. The second-order valence-electron chi connectivity index (χ2n) is 8.81. The van der Waals surface area contributed by atoms with Gasteiger partial charge in [0.15, 0.2) is 5.96 Å². The largest absolute Gasteiger partial charge is 0.480 e. The number of carboxylic acids is 1. The first-order valence-electron chi connectivity index (χ1n) is 12.3. The third kappa shape index (κ3) is 13.2. The van der Waals surface area contributed by atoms with Crippen LogP contribution in [0.2, 0.25) is 0 Å². The summed E-state index contributed by atoms with van der Waals surface area (Å²) in [5.41, 5.74) is 27.7. The number of aliphatic carboxylic acids is 1. The van der Waals surface area contributed by atoms with E-state index in [4.69, 9.17) is 28.7 Å². The van der Waals surface area contributed by atoms with Gasteiger partial charge < -0.3 is 54.7 Å². The van der Waals surface area contributed by atoms with E-state index in [2.05, 4.69) is 30.9 Å². The van der Waals surface area contributed by atoms with E-state index >= 15 is 0 Å². The molecule has 17 heteroatoms. The number of carboxylic acid groups (broad SMARTS) is 1. The predicted octanol–water partition coefficient (Wildman–Crippen LogP) is -4.12. The number of hydrogen-bond donors (Lipinski definition) is 10. The van der Waals surface area contributed by atoms with Crippen molar-refractivity contribution in [2.75, 3.05) is 13.1 Å². The number of rotatable bonds is 19. The number of unbranched alkanes of at least 4 members (excludes halogenated alkanes) is 1. The first kappa shape index (κ1) is 32.8. The van der Waals surface area contributed by atoms with E-state index in [1.54, 1.807) is 0 Å². The van der Waals surface area contributed by atoms with E-state index in [0.29, 0.717) is 31.5 Å². The lowest BCUT2D eigenvalue weighted by Crippen LogP contribution is -2.58. The van der Waals surface area contributed by atoms with Gasteiger partial charge in [0.1, 0.15) is 18.1 Å². The summed E-state index contributed by atoms with van der Waals surface area (Å²) in [6, 6.07) is -4.97. The van der Waals surface area contributed by atoms with Gasteiger partial charge in [-0.25, -0.2) is 9.78 Å². The highest BCUT2D eigenvalue weighted by Gasteiger charge is 2.31. The number of guanidine groups is 1. The van der Waals surface area contributed by atoms with Gasteiger partial charge in [0.25, 0.3) is 0 Å². The van der Waals surface area contributed by atoms with Crippen molar-refractivity contribution in [2.45, 2.75) is 69.1 Å². The number of amides is 4. The number of primary amides is 1. The molecule has 0 spiro atoms. The van der Waals surface area contributed by atoms with Gasteiger partial charge in [-0.05, 0) is 38.6 Å². The number of aliphatic imine (C=N–C) groups is 1. The SMILES string of the molecule is NCCCCC(NC(=O)C(N)CCCN=C(N)N)C(=O)NC(CC(N)=O)C(=O)NC(Cc1cnc[nH]1)C(=O)O. The smallest absolute Gasteiger partial charge is 0.326 e. The fourth-order valence-electron chi connectivity index (χ4n) is 3.46. The van der Waals surface area contributed by atoms with Crippen LogP contribution in [0.15, 0.2) is 17.5 Å². The fourth-order valence-corrected chi connectivity index (χ4v) is 3.46. The molecule has 1 rings (SSSR count). The maximum Gasteiger partial charge on any atom is 0.326 e. The molecule has 0 radical (unpaired) electrons. The number of hydrogen-bond acceptors (Lipinski definition) is 9. The summed E-state index contributed by atoms with van der Waals surface area (Å²) in [6.07, 6.45) is 3.85. The minimum absolute atomic E-state index is 0.0878. The number of nitrogens with zero attached hydrogens (tertiary/aromatic N) is 2. The molecule has 0 aliphatic carbocycles. The first-order chi connectivity index (χ1) is 18.4. The number of nitrogens with two attached hydrogens (primary N) is 5. The lowest BCUT2D eigenvalue weighted by molar-refractivity contribution is -0.142. The van der Waals surface area contributed by atoms with Crippen molar-refractivity contribution in [3.63, 3.8) is 0 Å². The van der Waals surface area contributed by atoms with Crippen molar-refractivity contribution < 1.29 is 29.1 Å². The number of aromatic nitrogens is 2. The maximum atomic E-state index is 13.1. The quantitative estimate of drug-likeness (QED) is 0.0445. The summed E-state index contributed by atoms with van der Waals surface area (Å²) in [4.78, 5) is 72.3. The van der Waals surface area contributed by atoms with Gasteiger partial charge in [-0.3, -0.25) is 24.2 Å². The second-order valence-corrected chi connectivity index (χ2v) is 8.81.